The Bertz CT molecular complexity index is 1150. The summed E-state index contributed by atoms with van der Waals surface area (Å²) < 4.78 is 5.32. The van der Waals surface area contributed by atoms with Crippen LogP contribution in [0.3, 0.4) is 0 Å². The molecule has 0 N–H and O–H groups in total. The lowest BCUT2D eigenvalue weighted by Crippen LogP contribution is -2.43. The van der Waals surface area contributed by atoms with Crippen LogP contribution in [0.4, 0.5) is 0 Å². The molecule has 0 radical (unpaired) electrons. The molecular weight excluding hydrogens is 577 g/mol. The number of nitrogens with zero attached hydrogens (tertiary/aromatic N) is 2. The number of benzene rings is 1. The van der Waals surface area contributed by atoms with Gasteiger partial charge in [-0.3, -0.25) is 0 Å². The van der Waals surface area contributed by atoms with E-state index in [2.05, 4.69) is 88.5 Å². The molecule has 6 fully saturated rings. The van der Waals surface area contributed by atoms with Crippen LogP contribution in [-0.2, 0) is 13.1 Å². The van der Waals surface area contributed by atoms with Crippen LogP contribution < -0.4 is 4.57 Å². The number of fused-ring (bicyclic) bond motifs is 5. The summed E-state index contributed by atoms with van der Waals surface area (Å²) in [7, 11) is 0. The number of aryl methyl sites for hydroxylation is 2. The minimum absolute atomic E-state index is 0.720. The lowest BCUT2D eigenvalue weighted by atomic mass is 9.79. The van der Waals surface area contributed by atoms with Gasteiger partial charge in [0.15, 0.2) is 11.0 Å². The predicted octanol–water partition coefficient (Wildman–Crippen LogP) is 9.56. The summed E-state index contributed by atoms with van der Waals surface area (Å²) in [5.74, 6) is 1.44. The van der Waals surface area contributed by atoms with Gasteiger partial charge in [0.2, 0.25) is 6.33 Å². The molecule has 2 saturated heterocycles. The van der Waals surface area contributed by atoms with E-state index in [-0.39, 0.29) is 0 Å². The minimum atomic E-state index is 0.720. The van der Waals surface area contributed by atoms with Gasteiger partial charge in [-0.25, -0.2) is 9.13 Å². The van der Waals surface area contributed by atoms with Crippen molar-refractivity contribution in [2.75, 3.05) is 0 Å². The van der Waals surface area contributed by atoms with E-state index in [4.69, 9.17) is 0 Å². The van der Waals surface area contributed by atoms with Crippen molar-refractivity contribution >= 4 is 58.1 Å². The van der Waals surface area contributed by atoms with Crippen molar-refractivity contribution < 1.29 is 4.57 Å². The van der Waals surface area contributed by atoms with E-state index in [1.165, 1.54) is 89.9 Å². The van der Waals surface area contributed by atoms with Gasteiger partial charge >= 0.3 is 0 Å². The summed E-state index contributed by atoms with van der Waals surface area (Å²) >= 11 is 9.77. The molecule has 8 rings (SSSR count). The van der Waals surface area contributed by atoms with Crippen LogP contribution in [0.25, 0.3) is 11.0 Å². The first kappa shape index (κ1) is 28.6. The molecular formula is C35H51N2S4+. The molecule has 10 atom stereocenters. The summed E-state index contributed by atoms with van der Waals surface area (Å²) in [6.07, 6.45) is 22.8. The smallest absolute Gasteiger partial charge is 0.230 e. The largest absolute Gasteiger partial charge is 0.244 e. The molecule has 2 aliphatic heterocycles. The second-order valence-electron chi connectivity index (χ2n) is 14.0. The van der Waals surface area contributed by atoms with Crippen molar-refractivity contribution in [2.24, 2.45) is 0 Å². The van der Waals surface area contributed by atoms with Crippen molar-refractivity contribution in [1.82, 2.24) is 4.57 Å². The number of rotatable bonds is 4. The SMILES string of the molecule is CCn1c[n+](CC)c2c(C3CCCC4SC5CCCCC5SC43)ccc(C3CCCC4SC5CCCCC5SC43)c21. The minimum Gasteiger partial charge on any atom is -0.230 e. The van der Waals surface area contributed by atoms with Gasteiger partial charge in [-0.1, -0.05) is 50.7 Å². The van der Waals surface area contributed by atoms with Gasteiger partial charge in [0.1, 0.15) is 0 Å². The van der Waals surface area contributed by atoms with Crippen LogP contribution in [0.2, 0.25) is 0 Å². The van der Waals surface area contributed by atoms with Crippen molar-refractivity contribution in [1.29, 1.82) is 0 Å². The second-order valence-corrected chi connectivity index (χ2v) is 19.8. The molecule has 4 saturated carbocycles. The van der Waals surface area contributed by atoms with E-state index in [9.17, 15) is 0 Å². The topological polar surface area (TPSA) is 8.81 Å². The molecule has 3 heterocycles. The van der Waals surface area contributed by atoms with Crippen molar-refractivity contribution in [3.05, 3.63) is 29.6 Å². The molecule has 0 spiro atoms. The fourth-order valence-corrected chi connectivity index (χ4v) is 18.3. The quantitative estimate of drug-likeness (QED) is 0.312. The maximum absolute atomic E-state index is 2.68. The zero-order chi connectivity index (χ0) is 27.5. The van der Waals surface area contributed by atoms with E-state index in [1.54, 1.807) is 22.2 Å². The Balaban J connectivity index is 1.19. The maximum atomic E-state index is 2.68. The van der Waals surface area contributed by atoms with E-state index in [0.29, 0.717) is 0 Å². The average molecular weight is 628 g/mol. The van der Waals surface area contributed by atoms with Crippen molar-refractivity contribution in [2.45, 2.75) is 171 Å². The molecule has 224 valence electrons. The fourth-order valence-electron chi connectivity index (χ4n) is 9.75. The predicted molar refractivity (Wildman–Crippen MR) is 184 cm³/mol. The van der Waals surface area contributed by atoms with Crippen LogP contribution in [0, 0.1) is 0 Å². The van der Waals surface area contributed by atoms with Gasteiger partial charge < -0.3 is 0 Å². The molecule has 0 bridgehead atoms. The van der Waals surface area contributed by atoms with Crippen LogP contribution >= 0.6 is 47.0 Å². The number of aromatic nitrogens is 2. The summed E-state index contributed by atoms with van der Waals surface area (Å²) in [6.45, 7) is 6.92. The van der Waals surface area contributed by atoms with Gasteiger partial charge in [-0.05, 0) is 65.2 Å². The van der Waals surface area contributed by atoms with Gasteiger partial charge in [0, 0.05) is 65.0 Å². The highest BCUT2D eigenvalue weighted by Crippen LogP contribution is 2.58. The Kier molecular flexibility index (Phi) is 8.44. The van der Waals surface area contributed by atoms with E-state index in [1.807, 2.05) is 0 Å². The van der Waals surface area contributed by atoms with Crippen LogP contribution in [0.1, 0.15) is 127 Å². The second kappa shape index (κ2) is 12.1. The van der Waals surface area contributed by atoms with E-state index >= 15 is 0 Å². The molecule has 6 heteroatoms. The molecule has 10 unspecified atom stereocenters. The summed E-state index contributed by atoms with van der Waals surface area (Å²) in [5.41, 5.74) is 6.67. The summed E-state index contributed by atoms with van der Waals surface area (Å²) in [6, 6.07) is 5.37. The first-order valence-electron chi connectivity index (χ1n) is 17.4. The first-order valence-corrected chi connectivity index (χ1v) is 21.2. The zero-order valence-electron chi connectivity index (χ0n) is 25.3. The molecule has 2 nitrogen and oxygen atoms in total. The van der Waals surface area contributed by atoms with Crippen molar-refractivity contribution in [3.8, 4) is 0 Å². The molecule has 2 aromatic rings. The monoisotopic (exact) mass is 627 g/mol. The third-order valence-electron chi connectivity index (χ3n) is 11.7. The van der Waals surface area contributed by atoms with Gasteiger partial charge in [0.05, 0.1) is 13.1 Å². The number of thioether (sulfide) groups is 4. The van der Waals surface area contributed by atoms with Crippen molar-refractivity contribution in [3.63, 3.8) is 0 Å². The van der Waals surface area contributed by atoms with Gasteiger partial charge in [-0.2, -0.15) is 47.0 Å². The molecule has 6 aliphatic rings. The molecule has 41 heavy (non-hydrogen) atoms. The highest BCUT2D eigenvalue weighted by atomic mass is 32.2. The molecule has 4 aliphatic carbocycles. The third-order valence-corrected chi connectivity index (χ3v) is 19.8. The number of hydrogen-bond acceptors (Lipinski definition) is 4. The average Bonchev–Trinajstić information content (AvgIpc) is 3.41. The number of imidazole rings is 1. The van der Waals surface area contributed by atoms with E-state index in [0.717, 1.165) is 66.9 Å². The lowest BCUT2D eigenvalue weighted by molar-refractivity contribution is -0.668. The standard InChI is InChI=1S/C35H51N2S4/c1-3-36-21-37(4-2)33-23(25-12-10-18-31-35(25)41-29-16-8-6-14-27(29)39-31)20-19-22(32(33)36)24-11-9-17-30-34(24)40-28-15-7-5-13-26(28)38-30/h19-21,24-31,34-35H,3-18H2,1-2H3/q+1. The van der Waals surface area contributed by atoms with Gasteiger partial charge in [-0.15, -0.1) is 0 Å². The molecule has 0 amide bonds. The Morgan fingerprint density at radius 3 is 1.63 bits per heavy atom. The molecule has 1 aromatic heterocycles. The highest BCUT2D eigenvalue weighted by Gasteiger charge is 2.48. The van der Waals surface area contributed by atoms with Crippen LogP contribution in [0.15, 0.2) is 18.5 Å². The highest BCUT2D eigenvalue weighted by molar-refractivity contribution is 8.08. The zero-order valence-corrected chi connectivity index (χ0v) is 28.6. The van der Waals surface area contributed by atoms with Crippen LogP contribution in [0.5, 0.6) is 0 Å². The van der Waals surface area contributed by atoms with E-state index < -0.39 is 0 Å². The Hall–Kier alpha value is 0.0900. The number of hydrogen-bond donors (Lipinski definition) is 0. The molecule has 1 aromatic carbocycles. The van der Waals surface area contributed by atoms with Crippen LogP contribution in [-0.4, -0.2) is 46.6 Å². The fraction of sp³-hybridized carbons (Fsp3) is 0.800. The third kappa shape index (κ3) is 5.07. The maximum Gasteiger partial charge on any atom is 0.244 e. The van der Waals surface area contributed by atoms with Gasteiger partial charge in [0.25, 0.3) is 0 Å². The Labute approximate surface area is 266 Å². The first-order chi connectivity index (χ1) is 20.2. The summed E-state index contributed by atoms with van der Waals surface area (Å²) in [5, 5.41) is 7.05. The normalized spacial score (nSPS) is 40.8. The summed E-state index contributed by atoms with van der Waals surface area (Å²) in [4.78, 5) is 0. The Morgan fingerprint density at radius 2 is 1.10 bits per heavy atom. The lowest BCUT2D eigenvalue weighted by Gasteiger charge is -2.48. The Morgan fingerprint density at radius 1 is 0.610 bits per heavy atom.